The van der Waals surface area contributed by atoms with E-state index in [2.05, 4.69) is 0 Å². The zero-order valence-corrected chi connectivity index (χ0v) is 11.1. The molecule has 1 fully saturated rings. The second-order valence-corrected chi connectivity index (χ2v) is 4.85. The summed E-state index contributed by atoms with van der Waals surface area (Å²) in [5.41, 5.74) is 0. The van der Waals surface area contributed by atoms with Crippen molar-refractivity contribution in [1.82, 2.24) is 0 Å². The highest BCUT2D eigenvalue weighted by Crippen LogP contribution is 2.34. The lowest BCUT2D eigenvalue weighted by Gasteiger charge is -2.38. The van der Waals surface area contributed by atoms with Crippen LogP contribution in [0.5, 0.6) is 0 Å². The molecule has 0 N–H and O–H groups in total. The predicted octanol–water partition coefficient (Wildman–Crippen LogP) is 0.590. The van der Waals surface area contributed by atoms with Crippen molar-refractivity contribution in [3.63, 3.8) is 0 Å². The summed E-state index contributed by atoms with van der Waals surface area (Å²) in [7, 11) is 0. The van der Waals surface area contributed by atoms with Gasteiger partial charge in [-0.1, -0.05) is 0 Å². The van der Waals surface area contributed by atoms with E-state index in [0.717, 1.165) is 0 Å². The SMILES string of the molecule is CC(=O)C1COC(C(C)=O)C(C(C)=O)C1C(C)=O. The standard InChI is InChI=1S/C13H18O5/c1-6(14)10-5-18-13(9(4)17)12(8(3)16)11(10)7(2)15/h10-13H,5H2,1-4H3. The van der Waals surface area contributed by atoms with Crippen LogP contribution >= 0.6 is 0 Å². The largest absolute Gasteiger partial charge is 0.369 e. The van der Waals surface area contributed by atoms with Crippen LogP contribution in [-0.2, 0) is 23.9 Å². The molecule has 5 nitrogen and oxygen atoms in total. The van der Waals surface area contributed by atoms with Crippen molar-refractivity contribution in [2.45, 2.75) is 33.8 Å². The average Bonchev–Trinajstić information content (AvgIpc) is 2.26. The van der Waals surface area contributed by atoms with Gasteiger partial charge in [-0.05, 0) is 27.7 Å². The van der Waals surface area contributed by atoms with Crippen molar-refractivity contribution >= 4 is 23.1 Å². The fraction of sp³-hybridized carbons (Fsp3) is 0.692. The first-order chi connectivity index (χ1) is 8.27. The molecule has 1 rings (SSSR count). The van der Waals surface area contributed by atoms with E-state index in [-0.39, 0.29) is 29.7 Å². The maximum absolute atomic E-state index is 11.7. The number of carbonyl (C=O) groups excluding carboxylic acids is 4. The Bertz CT molecular complexity index is 360. The number of Topliss-reactive ketones (excluding diaryl/α,β-unsaturated/α-hetero) is 4. The van der Waals surface area contributed by atoms with Crippen LogP contribution in [0.15, 0.2) is 0 Å². The van der Waals surface area contributed by atoms with E-state index >= 15 is 0 Å². The van der Waals surface area contributed by atoms with Gasteiger partial charge in [-0.15, -0.1) is 0 Å². The topological polar surface area (TPSA) is 77.5 Å². The van der Waals surface area contributed by atoms with Gasteiger partial charge < -0.3 is 4.74 Å². The van der Waals surface area contributed by atoms with Crippen molar-refractivity contribution in [1.29, 1.82) is 0 Å². The molecule has 18 heavy (non-hydrogen) atoms. The summed E-state index contributed by atoms with van der Waals surface area (Å²) in [4.78, 5) is 46.4. The van der Waals surface area contributed by atoms with Crippen LogP contribution in [0.3, 0.4) is 0 Å². The number of rotatable bonds is 4. The Balaban J connectivity index is 3.18. The van der Waals surface area contributed by atoms with Crippen LogP contribution in [-0.4, -0.2) is 35.8 Å². The molecule has 1 saturated heterocycles. The van der Waals surface area contributed by atoms with E-state index in [0.29, 0.717) is 0 Å². The lowest BCUT2D eigenvalue weighted by molar-refractivity contribution is -0.163. The van der Waals surface area contributed by atoms with Gasteiger partial charge in [0.15, 0.2) is 5.78 Å². The molecule has 0 spiro atoms. The third kappa shape index (κ3) is 2.72. The minimum atomic E-state index is -0.910. The normalized spacial score (nSPS) is 31.8. The third-order valence-corrected chi connectivity index (χ3v) is 3.46. The Morgan fingerprint density at radius 3 is 1.61 bits per heavy atom. The highest BCUT2D eigenvalue weighted by Gasteiger charge is 2.48. The van der Waals surface area contributed by atoms with Gasteiger partial charge in [-0.3, -0.25) is 19.2 Å². The fourth-order valence-electron chi connectivity index (χ4n) is 2.60. The van der Waals surface area contributed by atoms with Crippen molar-refractivity contribution in [2.75, 3.05) is 6.61 Å². The third-order valence-electron chi connectivity index (χ3n) is 3.46. The molecule has 0 aliphatic carbocycles. The molecule has 1 aliphatic heterocycles. The van der Waals surface area contributed by atoms with E-state index in [4.69, 9.17) is 4.74 Å². The van der Waals surface area contributed by atoms with Gasteiger partial charge in [-0.25, -0.2) is 0 Å². The summed E-state index contributed by atoms with van der Waals surface area (Å²) in [6, 6.07) is 0. The van der Waals surface area contributed by atoms with Gasteiger partial charge in [0.05, 0.1) is 18.4 Å². The van der Waals surface area contributed by atoms with Gasteiger partial charge in [0.2, 0.25) is 0 Å². The van der Waals surface area contributed by atoms with E-state index in [9.17, 15) is 19.2 Å². The van der Waals surface area contributed by atoms with Crippen LogP contribution in [0.1, 0.15) is 27.7 Å². The quantitative estimate of drug-likeness (QED) is 0.733. The van der Waals surface area contributed by atoms with Crippen LogP contribution in [0.25, 0.3) is 0 Å². The molecular formula is C13H18O5. The van der Waals surface area contributed by atoms with Gasteiger partial charge in [0, 0.05) is 5.92 Å². The Labute approximate surface area is 106 Å². The lowest BCUT2D eigenvalue weighted by Crippen LogP contribution is -2.52. The summed E-state index contributed by atoms with van der Waals surface area (Å²) in [5, 5.41) is 0. The molecule has 0 radical (unpaired) electrons. The van der Waals surface area contributed by atoms with Gasteiger partial charge in [0.1, 0.15) is 23.5 Å². The van der Waals surface area contributed by atoms with Crippen LogP contribution in [0.4, 0.5) is 0 Å². The zero-order chi connectivity index (χ0) is 14.0. The van der Waals surface area contributed by atoms with Gasteiger partial charge in [-0.2, -0.15) is 0 Å². The Kier molecular flexibility index (Phi) is 4.51. The van der Waals surface area contributed by atoms with Crippen LogP contribution in [0.2, 0.25) is 0 Å². The van der Waals surface area contributed by atoms with Crippen molar-refractivity contribution in [3.05, 3.63) is 0 Å². The number of hydrogen-bond acceptors (Lipinski definition) is 5. The molecule has 4 unspecified atom stereocenters. The maximum atomic E-state index is 11.7. The van der Waals surface area contributed by atoms with E-state index in [1.54, 1.807) is 0 Å². The van der Waals surface area contributed by atoms with Gasteiger partial charge >= 0.3 is 0 Å². The maximum Gasteiger partial charge on any atom is 0.159 e. The van der Waals surface area contributed by atoms with Crippen molar-refractivity contribution in [2.24, 2.45) is 17.8 Å². The minimum Gasteiger partial charge on any atom is -0.369 e. The Morgan fingerprint density at radius 2 is 1.28 bits per heavy atom. The number of ether oxygens (including phenoxy) is 1. The second kappa shape index (κ2) is 5.52. The smallest absolute Gasteiger partial charge is 0.159 e. The number of carbonyl (C=O) groups is 4. The molecule has 100 valence electrons. The van der Waals surface area contributed by atoms with Crippen molar-refractivity contribution in [3.8, 4) is 0 Å². The molecular weight excluding hydrogens is 236 g/mol. The second-order valence-electron chi connectivity index (χ2n) is 4.85. The summed E-state index contributed by atoms with van der Waals surface area (Å²) >= 11 is 0. The van der Waals surface area contributed by atoms with E-state index in [1.165, 1.54) is 27.7 Å². The Morgan fingerprint density at radius 1 is 0.778 bits per heavy atom. The first kappa shape index (κ1) is 14.7. The first-order valence-electron chi connectivity index (χ1n) is 5.90. The first-order valence-corrected chi connectivity index (χ1v) is 5.90. The fourth-order valence-corrected chi connectivity index (χ4v) is 2.60. The molecule has 1 heterocycles. The molecule has 1 aliphatic rings. The molecule has 0 bridgehead atoms. The van der Waals surface area contributed by atoms with E-state index < -0.39 is 23.9 Å². The molecule has 0 aromatic carbocycles. The van der Waals surface area contributed by atoms with Crippen LogP contribution < -0.4 is 0 Å². The molecule has 0 aromatic rings. The highest BCUT2D eigenvalue weighted by molar-refractivity contribution is 5.96. The number of hydrogen-bond donors (Lipinski definition) is 0. The molecule has 0 saturated carbocycles. The minimum absolute atomic E-state index is 0.0214. The molecule has 0 amide bonds. The van der Waals surface area contributed by atoms with Crippen molar-refractivity contribution < 1.29 is 23.9 Å². The molecule has 0 aromatic heterocycles. The Hall–Kier alpha value is -1.36. The average molecular weight is 254 g/mol. The monoisotopic (exact) mass is 254 g/mol. The van der Waals surface area contributed by atoms with E-state index in [1.807, 2.05) is 0 Å². The van der Waals surface area contributed by atoms with Gasteiger partial charge in [0.25, 0.3) is 0 Å². The predicted molar refractivity (Wildman–Crippen MR) is 62.9 cm³/mol. The summed E-state index contributed by atoms with van der Waals surface area (Å²) in [6.07, 6.45) is -0.910. The van der Waals surface area contributed by atoms with Crippen LogP contribution in [0, 0.1) is 17.8 Å². The number of ketones is 4. The molecule has 4 atom stereocenters. The lowest BCUT2D eigenvalue weighted by atomic mass is 9.71. The molecule has 5 heteroatoms. The summed E-state index contributed by atoms with van der Waals surface area (Å²) in [5.74, 6) is -3.24. The summed E-state index contributed by atoms with van der Waals surface area (Å²) in [6.45, 7) is 5.39. The highest BCUT2D eigenvalue weighted by atomic mass is 16.5. The summed E-state index contributed by atoms with van der Waals surface area (Å²) < 4.78 is 5.32. The zero-order valence-electron chi connectivity index (χ0n) is 11.1.